The molecule has 0 radical (unpaired) electrons. The first-order valence-electron chi connectivity index (χ1n) is 29.6. The molecule has 2 saturated heterocycles. The summed E-state index contributed by atoms with van der Waals surface area (Å²) in [4.78, 5) is 13.1. The van der Waals surface area contributed by atoms with Gasteiger partial charge in [-0.3, -0.25) is 4.79 Å². The molecule has 11 unspecified atom stereocenters. The molecule has 0 aliphatic carbocycles. The van der Waals surface area contributed by atoms with Gasteiger partial charge >= 0.3 is 5.97 Å². The van der Waals surface area contributed by atoms with E-state index in [4.69, 9.17) is 28.4 Å². The van der Waals surface area contributed by atoms with E-state index in [9.17, 15) is 40.5 Å². The van der Waals surface area contributed by atoms with E-state index in [1.54, 1.807) is 0 Å². The van der Waals surface area contributed by atoms with Gasteiger partial charge in [-0.1, -0.05) is 239 Å². The summed E-state index contributed by atoms with van der Waals surface area (Å²) in [6.07, 6.45) is 31.7. The Morgan fingerprint density at radius 2 is 0.746 bits per heavy atom. The molecule has 0 amide bonds. The fourth-order valence-electron chi connectivity index (χ4n) is 9.82. The summed E-state index contributed by atoms with van der Waals surface area (Å²) in [5.74, 6) is -0.367. The predicted molar refractivity (Wildman–Crippen MR) is 280 cm³/mol. The Labute approximate surface area is 432 Å². The number of rotatable bonds is 49. The smallest absolute Gasteiger partial charge is 0.306 e. The number of esters is 1. The van der Waals surface area contributed by atoms with Crippen molar-refractivity contribution in [2.24, 2.45) is 0 Å². The molecule has 7 N–H and O–H groups in total. The zero-order valence-corrected chi connectivity index (χ0v) is 45.2. The highest BCUT2D eigenvalue weighted by atomic mass is 16.7. The van der Waals surface area contributed by atoms with Crippen molar-refractivity contribution in [2.45, 2.75) is 325 Å². The monoisotopic (exact) mass is 1020 g/mol. The van der Waals surface area contributed by atoms with Crippen LogP contribution >= 0.6 is 0 Å². The summed E-state index contributed by atoms with van der Waals surface area (Å²) in [6, 6.07) is 0. The zero-order valence-electron chi connectivity index (χ0n) is 45.2. The van der Waals surface area contributed by atoms with Crippen molar-refractivity contribution in [1.29, 1.82) is 0 Å². The summed E-state index contributed by atoms with van der Waals surface area (Å²) in [7, 11) is 0. The zero-order chi connectivity index (χ0) is 51.6. The van der Waals surface area contributed by atoms with Crippen LogP contribution in [0.5, 0.6) is 0 Å². The number of aliphatic hydroxyl groups is 7. The number of hydrogen-bond donors (Lipinski definition) is 7. The Balaban J connectivity index is 1.66. The molecule has 0 spiro atoms. The van der Waals surface area contributed by atoms with Crippen molar-refractivity contribution >= 4 is 5.97 Å². The third-order valence-electron chi connectivity index (χ3n) is 14.6. The maximum absolute atomic E-state index is 13.1. The molecule has 14 heteroatoms. The van der Waals surface area contributed by atoms with Gasteiger partial charge in [-0.15, -0.1) is 0 Å². The molecule has 0 aromatic carbocycles. The molecule has 11 atom stereocenters. The minimum Gasteiger partial charge on any atom is -0.457 e. The number of ether oxygens (including phenoxy) is 6. The summed E-state index contributed by atoms with van der Waals surface area (Å²) in [6.45, 7) is 3.76. The number of unbranched alkanes of at least 4 members (excludes halogenated alkanes) is 35. The van der Waals surface area contributed by atoms with Gasteiger partial charge in [0.25, 0.3) is 0 Å². The highest BCUT2D eigenvalue weighted by Gasteiger charge is 2.47. The van der Waals surface area contributed by atoms with Crippen molar-refractivity contribution in [3.63, 3.8) is 0 Å². The highest BCUT2D eigenvalue weighted by molar-refractivity contribution is 5.69. The van der Waals surface area contributed by atoms with Crippen LogP contribution in [0.4, 0.5) is 0 Å². The van der Waals surface area contributed by atoms with E-state index < -0.39 is 80.7 Å². The third-order valence-corrected chi connectivity index (χ3v) is 14.6. The average molecular weight is 1020 g/mol. The van der Waals surface area contributed by atoms with E-state index in [1.165, 1.54) is 193 Å². The summed E-state index contributed by atoms with van der Waals surface area (Å²) in [5.41, 5.74) is 0. The second kappa shape index (κ2) is 45.2. The second-order valence-electron chi connectivity index (χ2n) is 21.2. The first-order chi connectivity index (χ1) is 34.6. The van der Waals surface area contributed by atoms with Crippen LogP contribution in [0.15, 0.2) is 0 Å². The molecule has 0 saturated carbocycles. The Hall–Kier alpha value is -1.01. The van der Waals surface area contributed by atoms with Crippen molar-refractivity contribution in [3.8, 4) is 0 Å². The third kappa shape index (κ3) is 32.2. The minimum absolute atomic E-state index is 0.0705. The van der Waals surface area contributed by atoms with E-state index >= 15 is 0 Å². The molecule has 2 fully saturated rings. The maximum Gasteiger partial charge on any atom is 0.306 e. The quantitative estimate of drug-likeness (QED) is 0.0223. The molecule has 14 nitrogen and oxygen atoms in total. The minimum atomic E-state index is -1.70. The van der Waals surface area contributed by atoms with E-state index in [0.717, 1.165) is 44.9 Å². The first kappa shape index (κ1) is 66.1. The van der Waals surface area contributed by atoms with Crippen molar-refractivity contribution < 1.29 is 69.0 Å². The lowest BCUT2D eigenvalue weighted by molar-refractivity contribution is -0.332. The molecule has 0 bridgehead atoms. The number of hydrogen-bond acceptors (Lipinski definition) is 14. The average Bonchev–Trinajstić information content (AvgIpc) is 3.37. The van der Waals surface area contributed by atoms with Gasteiger partial charge < -0.3 is 64.2 Å². The number of carbonyl (C=O) groups is 1. The van der Waals surface area contributed by atoms with Gasteiger partial charge in [0.15, 0.2) is 12.6 Å². The van der Waals surface area contributed by atoms with Crippen LogP contribution < -0.4 is 0 Å². The fourth-order valence-corrected chi connectivity index (χ4v) is 9.82. The number of carbonyl (C=O) groups excluding carboxylic acids is 1. The molecule has 2 aliphatic rings. The normalized spacial score (nSPS) is 25.2. The molecule has 0 aromatic rings. The van der Waals surface area contributed by atoms with Gasteiger partial charge in [-0.25, -0.2) is 0 Å². The lowest BCUT2D eigenvalue weighted by atomic mass is 9.98. The largest absolute Gasteiger partial charge is 0.457 e. The topological polar surface area (TPSA) is 214 Å². The molecule has 0 aromatic heterocycles. The molecule has 2 heterocycles. The van der Waals surface area contributed by atoms with Crippen molar-refractivity contribution in [2.75, 3.05) is 33.0 Å². The van der Waals surface area contributed by atoms with Gasteiger partial charge in [-0.2, -0.15) is 0 Å². The van der Waals surface area contributed by atoms with Gasteiger partial charge in [0.05, 0.1) is 26.4 Å². The summed E-state index contributed by atoms with van der Waals surface area (Å²) < 4.78 is 34.4. The van der Waals surface area contributed by atoms with E-state index in [0.29, 0.717) is 6.61 Å². The lowest BCUT2D eigenvalue weighted by Gasteiger charge is -2.42. The van der Waals surface area contributed by atoms with Crippen LogP contribution in [0.3, 0.4) is 0 Å². The van der Waals surface area contributed by atoms with E-state index in [-0.39, 0.29) is 25.6 Å². The summed E-state index contributed by atoms with van der Waals surface area (Å²) in [5, 5.41) is 72.3. The number of aliphatic hydroxyl groups excluding tert-OH is 7. The van der Waals surface area contributed by atoms with Crippen LogP contribution in [0.2, 0.25) is 0 Å². The molecule has 422 valence electrons. The molecule has 2 rings (SSSR count). The molecule has 71 heavy (non-hydrogen) atoms. The molecule has 2 aliphatic heterocycles. The lowest BCUT2D eigenvalue weighted by Crippen LogP contribution is -2.61. The first-order valence-corrected chi connectivity index (χ1v) is 29.6. The van der Waals surface area contributed by atoms with Crippen LogP contribution in [0.25, 0.3) is 0 Å². The van der Waals surface area contributed by atoms with Gasteiger partial charge in [-0.05, 0) is 12.8 Å². The molecular weight excluding hydrogens is 909 g/mol. The van der Waals surface area contributed by atoms with Crippen molar-refractivity contribution in [3.05, 3.63) is 0 Å². The van der Waals surface area contributed by atoms with Gasteiger partial charge in [0.1, 0.15) is 54.9 Å². The predicted octanol–water partition coefficient (Wildman–Crippen LogP) is 10.4. The van der Waals surface area contributed by atoms with Crippen LogP contribution in [-0.4, -0.2) is 142 Å². The maximum atomic E-state index is 13.1. The van der Waals surface area contributed by atoms with Crippen LogP contribution in [0.1, 0.15) is 258 Å². The van der Waals surface area contributed by atoms with Crippen LogP contribution in [0, 0.1) is 0 Å². The standard InChI is InChI=1S/C57H110O14/c1-3-5-7-9-11-13-15-17-18-19-20-21-22-23-24-25-26-27-28-30-32-34-36-38-40-49(59)69-46(43-66-41-39-37-35-33-31-29-16-14-12-10-8-6-4-2)44-67-56-55(65)53(63)51(61)48(71-56)45-68-57-54(64)52(62)50(60)47(42-58)70-57/h46-48,50-58,60-65H,3-45H2,1-2H3. The Kier molecular flexibility index (Phi) is 42.1. The Bertz CT molecular complexity index is 1180. The van der Waals surface area contributed by atoms with Crippen molar-refractivity contribution in [1.82, 2.24) is 0 Å². The van der Waals surface area contributed by atoms with Gasteiger partial charge in [0.2, 0.25) is 0 Å². The Morgan fingerprint density at radius 1 is 0.408 bits per heavy atom. The fraction of sp³-hybridized carbons (Fsp3) is 0.982. The Morgan fingerprint density at radius 3 is 1.14 bits per heavy atom. The van der Waals surface area contributed by atoms with E-state index in [1.807, 2.05) is 0 Å². The molecular formula is C57H110O14. The van der Waals surface area contributed by atoms with Gasteiger partial charge in [0, 0.05) is 13.0 Å². The SMILES string of the molecule is CCCCCCCCCCCCCCCCCCCCCCCCCCC(=O)OC(COCCCCCCCCCCCCCCC)COC1OC(COC2OC(CO)C(O)C(O)C2O)C(O)C(O)C1O. The highest BCUT2D eigenvalue weighted by Crippen LogP contribution is 2.27. The van der Waals surface area contributed by atoms with E-state index in [2.05, 4.69) is 13.8 Å². The second-order valence-corrected chi connectivity index (χ2v) is 21.2. The van der Waals surface area contributed by atoms with Crippen LogP contribution in [-0.2, 0) is 33.2 Å². The summed E-state index contributed by atoms with van der Waals surface area (Å²) >= 11 is 0.